The number of hydrogen-bond donors (Lipinski definition) is 2. The number of halogens is 1. The van der Waals surface area contributed by atoms with Gasteiger partial charge in [0.05, 0.1) is 6.54 Å². The van der Waals surface area contributed by atoms with Crippen molar-refractivity contribution in [3.63, 3.8) is 0 Å². The third-order valence-corrected chi connectivity index (χ3v) is 4.02. The summed E-state index contributed by atoms with van der Waals surface area (Å²) >= 11 is 0. The van der Waals surface area contributed by atoms with Crippen LogP contribution in [0.25, 0.3) is 0 Å². The van der Waals surface area contributed by atoms with E-state index in [-0.39, 0.29) is 18.3 Å². The molecule has 0 aliphatic heterocycles. The number of rotatable bonds is 6. The molecule has 0 saturated heterocycles. The van der Waals surface area contributed by atoms with Gasteiger partial charge in [-0.15, -0.1) is 12.4 Å². The number of nitrogens with two attached hydrogens (primary N) is 1. The van der Waals surface area contributed by atoms with Crippen LogP contribution < -0.4 is 11.1 Å². The number of amides is 1. The highest BCUT2D eigenvalue weighted by molar-refractivity contribution is 5.93. The second-order valence-electron chi connectivity index (χ2n) is 5.92. The summed E-state index contributed by atoms with van der Waals surface area (Å²) in [7, 11) is 1.98. The molecule has 1 atom stereocenters. The van der Waals surface area contributed by atoms with Gasteiger partial charge in [-0.05, 0) is 51.3 Å². The van der Waals surface area contributed by atoms with E-state index in [9.17, 15) is 4.79 Å². The lowest BCUT2D eigenvalue weighted by molar-refractivity contribution is -0.117. The Bertz CT molecular complexity index is 488. The van der Waals surface area contributed by atoms with Crippen molar-refractivity contribution in [2.45, 2.75) is 32.7 Å². The van der Waals surface area contributed by atoms with Gasteiger partial charge in [0.1, 0.15) is 0 Å². The van der Waals surface area contributed by atoms with Gasteiger partial charge in [-0.1, -0.05) is 17.7 Å². The molecule has 118 valence electrons. The lowest BCUT2D eigenvalue weighted by Gasteiger charge is -2.26. The fourth-order valence-electron chi connectivity index (χ4n) is 2.70. The van der Waals surface area contributed by atoms with Crippen LogP contribution >= 0.6 is 12.4 Å². The van der Waals surface area contributed by atoms with E-state index < -0.39 is 0 Å². The molecule has 4 nitrogen and oxygen atoms in total. The second kappa shape index (κ2) is 7.78. The third-order valence-electron chi connectivity index (χ3n) is 4.02. The largest absolute Gasteiger partial charge is 0.329 e. The van der Waals surface area contributed by atoms with Gasteiger partial charge in [0, 0.05) is 18.3 Å². The number of carbonyl (C=O) groups is 1. The first-order chi connectivity index (χ1) is 9.51. The highest BCUT2D eigenvalue weighted by Crippen LogP contribution is 2.34. The molecule has 0 heterocycles. The third kappa shape index (κ3) is 4.99. The zero-order chi connectivity index (χ0) is 14.7. The maximum Gasteiger partial charge on any atom is 0.238 e. The molecule has 1 aromatic carbocycles. The minimum absolute atomic E-state index is 0. The van der Waals surface area contributed by atoms with Gasteiger partial charge in [0.15, 0.2) is 0 Å². The Morgan fingerprint density at radius 3 is 2.62 bits per heavy atom. The molecule has 3 N–H and O–H groups in total. The number of nitrogens with zero attached hydrogens (tertiary/aromatic N) is 1. The van der Waals surface area contributed by atoms with E-state index in [1.54, 1.807) is 0 Å². The molecule has 0 spiro atoms. The molecule has 0 bridgehead atoms. The van der Waals surface area contributed by atoms with Crippen LogP contribution in [0, 0.1) is 19.8 Å². The molecule has 0 aromatic heterocycles. The Morgan fingerprint density at radius 1 is 1.43 bits per heavy atom. The van der Waals surface area contributed by atoms with Gasteiger partial charge in [0.2, 0.25) is 5.91 Å². The first-order valence-corrected chi connectivity index (χ1v) is 7.28. The van der Waals surface area contributed by atoms with E-state index in [2.05, 4.69) is 16.3 Å². The predicted octanol–water partition coefficient (Wildman–Crippen LogP) is 2.33. The van der Waals surface area contributed by atoms with Crippen molar-refractivity contribution in [3.05, 3.63) is 29.3 Å². The van der Waals surface area contributed by atoms with Gasteiger partial charge < -0.3 is 11.1 Å². The van der Waals surface area contributed by atoms with Crippen LogP contribution in [0.3, 0.4) is 0 Å². The van der Waals surface area contributed by atoms with Crippen LogP contribution in [0.2, 0.25) is 0 Å². The Morgan fingerprint density at radius 2 is 2.10 bits per heavy atom. The molecule has 21 heavy (non-hydrogen) atoms. The number of nitrogens with one attached hydrogen (secondary N) is 1. The maximum absolute atomic E-state index is 12.1. The Hall–Kier alpha value is -1.10. The molecule has 1 aliphatic carbocycles. The number of hydrogen-bond acceptors (Lipinski definition) is 3. The standard InChI is InChI=1S/C16H25N3O.ClH/c1-11-4-7-14(12(2)8-11)18-16(20)10-19(3)15(9-17)13-5-6-13;/h4,7-8,13,15H,5-6,9-10,17H2,1-3H3,(H,18,20);1H. The highest BCUT2D eigenvalue weighted by atomic mass is 35.5. The minimum atomic E-state index is 0. The summed E-state index contributed by atoms with van der Waals surface area (Å²) in [6.07, 6.45) is 2.48. The minimum Gasteiger partial charge on any atom is -0.329 e. The van der Waals surface area contributed by atoms with E-state index in [0.29, 0.717) is 25.0 Å². The smallest absolute Gasteiger partial charge is 0.238 e. The zero-order valence-corrected chi connectivity index (χ0v) is 13.9. The monoisotopic (exact) mass is 311 g/mol. The first-order valence-electron chi connectivity index (χ1n) is 7.28. The van der Waals surface area contributed by atoms with E-state index >= 15 is 0 Å². The van der Waals surface area contributed by atoms with Crippen LogP contribution in [0.5, 0.6) is 0 Å². The van der Waals surface area contributed by atoms with Crippen molar-refractivity contribution in [1.29, 1.82) is 0 Å². The van der Waals surface area contributed by atoms with Crippen molar-refractivity contribution in [2.75, 3.05) is 25.5 Å². The van der Waals surface area contributed by atoms with Gasteiger partial charge in [-0.2, -0.15) is 0 Å². The molecular weight excluding hydrogens is 286 g/mol. The summed E-state index contributed by atoms with van der Waals surface area (Å²) in [5, 5.41) is 2.99. The maximum atomic E-state index is 12.1. The summed E-state index contributed by atoms with van der Waals surface area (Å²) in [6.45, 7) is 5.08. The molecule has 1 saturated carbocycles. The van der Waals surface area contributed by atoms with E-state index in [4.69, 9.17) is 5.73 Å². The summed E-state index contributed by atoms with van der Waals surface area (Å²) in [5.41, 5.74) is 9.00. The second-order valence-corrected chi connectivity index (χ2v) is 5.92. The highest BCUT2D eigenvalue weighted by Gasteiger charge is 2.33. The van der Waals surface area contributed by atoms with Gasteiger partial charge in [0.25, 0.3) is 0 Å². The Kier molecular flexibility index (Phi) is 6.65. The van der Waals surface area contributed by atoms with Crippen molar-refractivity contribution in [3.8, 4) is 0 Å². The van der Waals surface area contributed by atoms with E-state index in [1.807, 2.05) is 33.0 Å². The average Bonchev–Trinajstić information content (AvgIpc) is 3.18. The molecule has 1 fully saturated rings. The van der Waals surface area contributed by atoms with Crippen LogP contribution in [0.4, 0.5) is 5.69 Å². The van der Waals surface area contributed by atoms with E-state index in [1.165, 1.54) is 18.4 Å². The SMILES string of the molecule is Cc1ccc(NC(=O)CN(C)C(CN)C2CC2)c(C)c1.Cl. The quantitative estimate of drug-likeness (QED) is 0.848. The summed E-state index contributed by atoms with van der Waals surface area (Å²) in [5.74, 6) is 0.706. The Labute approximate surface area is 133 Å². The number of likely N-dealkylation sites (N-methyl/N-ethyl adjacent to an activating group) is 1. The van der Waals surface area contributed by atoms with Crippen LogP contribution in [-0.4, -0.2) is 37.0 Å². The van der Waals surface area contributed by atoms with Crippen LogP contribution in [-0.2, 0) is 4.79 Å². The topological polar surface area (TPSA) is 58.4 Å². The van der Waals surface area contributed by atoms with Crippen molar-refractivity contribution < 1.29 is 4.79 Å². The Balaban J connectivity index is 0.00000220. The molecule has 2 rings (SSSR count). The molecular formula is C16H26ClN3O. The number of anilines is 1. The van der Waals surface area contributed by atoms with Crippen molar-refractivity contribution >= 4 is 24.0 Å². The number of benzene rings is 1. The van der Waals surface area contributed by atoms with Gasteiger partial charge >= 0.3 is 0 Å². The summed E-state index contributed by atoms with van der Waals surface area (Å²) in [4.78, 5) is 14.2. The van der Waals surface area contributed by atoms with Crippen LogP contribution in [0.1, 0.15) is 24.0 Å². The van der Waals surface area contributed by atoms with Gasteiger partial charge in [-0.25, -0.2) is 0 Å². The average molecular weight is 312 g/mol. The normalized spacial score (nSPS) is 15.5. The molecule has 1 aromatic rings. The fourth-order valence-corrected chi connectivity index (χ4v) is 2.70. The first kappa shape index (κ1) is 18.0. The fraction of sp³-hybridized carbons (Fsp3) is 0.562. The summed E-state index contributed by atoms with van der Waals surface area (Å²) in [6, 6.07) is 6.38. The molecule has 1 amide bonds. The molecule has 1 unspecified atom stereocenters. The molecule has 0 radical (unpaired) electrons. The van der Waals surface area contributed by atoms with Crippen LogP contribution in [0.15, 0.2) is 18.2 Å². The van der Waals surface area contributed by atoms with Crippen molar-refractivity contribution in [1.82, 2.24) is 4.90 Å². The van der Waals surface area contributed by atoms with E-state index in [0.717, 1.165) is 11.3 Å². The number of carbonyl (C=O) groups excluding carboxylic acids is 1. The molecule has 1 aliphatic rings. The summed E-state index contributed by atoms with van der Waals surface area (Å²) < 4.78 is 0. The van der Waals surface area contributed by atoms with Gasteiger partial charge in [-0.3, -0.25) is 9.69 Å². The molecule has 5 heteroatoms. The van der Waals surface area contributed by atoms with Crippen molar-refractivity contribution in [2.24, 2.45) is 11.7 Å². The number of aryl methyl sites for hydroxylation is 2. The lowest BCUT2D eigenvalue weighted by atomic mass is 10.1. The lowest BCUT2D eigenvalue weighted by Crippen LogP contribution is -2.43. The predicted molar refractivity (Wildman–Crippen MR) is 90.0 cm³/mol. The zero-order valence-electron chi connectivity index (χ0n) is 13.1.